The van der Waals surface area contributed by atoms with E-state index in [2.05, 4.69) is 100 Å². The van der Waals surface area contributed by atoms with Crippen LogP contribution in [-0.4, -0.2) is 18.2 Å². The van der Waals surface area contributed by atoms with Gasteiger partial charge in [-0.1, -0.05) is 68.0 Å². The molecule has 0 radical (unpaired) electrons. The van der Waals surface area contributed by atoms with Crippen LogP contribution in [0.25, 0.3) is 33.2 Å². The normalized spacial score (nSPS) is 13.2. The lowest BCUT2D eigenvalue weighted by Gasteiger charge is -2.07. The van der Waals surface area contributed by atoms with Crippen LogP contribution >= 0.6 is 0 Å². The number of fused-ring (bicyclic) bond motifs is 3. The summed E-state index contributed by atoms with van der Waals surface area (Å²) in [5.74, 6) is 0.362. The Morgan fingerprint density at radius 2 is 1.66 bits per heavy atom. The Morgan fingerprint density at radius 1 is 0.938 bits per heavy atom. The molecule has 3 heteroatoms. The maximum atomic E-state index is 6.33. The van der Waals surface area contributed by atoms with E-state index in [9.17, 15) is 0 Å². The van der Waals surface area contributed by atoms with Crippen LogP contribution in [0.3, 0.4) is 0 Å². The van der Waals surface area contributed by atoms with Gasteiger partial charge in [0.1, 0.15) is 5.58 Å². The first-order chi connectivity index (χ1) is 15.4. The van der Waals surface area contributed by atoms with E-state index in [1.54, 1.807) is 7.05 Å². The predicted molar refractivity (Wildman–Crippen MR) is 138 cm³/mol. The minimum absolute atomic E-state index is 0.362. The lowest BCUT2D eigenvalue weighted by Crippen LogP contribution is -1.90. The van der Waals surface area contributed by atoms with E-state index in [0.717, 1.165) is 44.3 Å². The second kappa shape index (κ2) is 8.96. The van der Waals surface area contributed by atoms with Crippen molar-refractivity contribution in [3.63, 3.8) is 0 Å². The maximum Gasteiger partial charge on any atom is 0.227 e. The third-order valence-electron chi connectivity index (χ3n) is 5.89. The van der Waals surface area contributed by atoms with E-state index in [1.165, 1.54) is 11.1 Å². The molecule has 2 aromatic heterocycles. The summed E-state index contributed by atoms with van der Waals surface area (Å²) in [6.45, 7) is 10.7. The number of nitrogens with zero attached hydrogens (tertiary/aromatic N) is 2. The van der Waals surface area contributed by atoms with Crippen molar-refractivity contribution in [1.82, 2.24) is 4.98 Å². The number of benzene rings is 2. The SMILES string of the molecule is CN=C/C(=C\C=C(/C)c1c(C)ccc2c1oc1nc(C(C)C)ccc12)c1ccc(C)cc1. The van der Waals surface area contributed by atoms with Gasteiger partial charge in [-0.25, -0.2) is 4.98 Å². The van der Waals surface area contributed by atoms with Crippen LogP contribution in [0.5, 0.6) is 0 Å². The van der Waals surface area contributed by atoms with Crippen molar-refractivity contribution in [1.29, 1.82) is 0 Å². The Hall–Kier alpha value is -3.46. The van der Waals surface area contributed by atoms with Crippen molar-refractivity contribution >= 4 is 39.4 Å². The number of hydrogen-bond acceptors (Lipinski definition) is 3. The molecule has 4 rings (SSSR count). The Balaban J connectivity index is 1.84. The van der Waals surface area contributed by atoms with Gasteiger partial charge in [-0.2, -0.15) is 0 Å². The number of furan rings is 1. The van der Waals surface area contributed by atoms with Crippen molar-refractivity contribution in [2.24, 2.45) is 4.99 Å². The molecule has 4 aromatic rings. The number of allylic oxidation sites excluding steroid dienone is 4. The highest BCUT2D eigenvalue weighted by molar-refractivity contribution is 6.11. The molecule has 2 aromatic carbocycles. The fourth-order valence-electron chi connectivity index (χ4n) is 4.04. The molecular weight excluding hydrogens is 392 g/mol. The zero-order valence-electron chi connectivity index (χ0n) is 19.7. The predicted octanol–water partition coefficient (Wildman–Crippen LogP) is 7.91. The summed E-state index contributed by atoms with van der Waals surface area (Å²) in [4.78, 5) is 9.03. The topological polar surface area (TPSA) is 38.4 Å². The van der Waals surface area contributed by atoms with Gasteiger partial charge in [0.05, 0.1) is 0 Å². The van der Waals surface area contributed by atoms with Crippen molar-refractivity contribution in [2.45, 2.75) is 40.5 Å². The smallest absolute Gasteiger partial charge is 0.227 e. The average molecular weight is 423 g/mol. The van der Waals surface area contributed by atoms with Gasteiger partial charge in [-0.15, -0.1) is 0 Å². The van der Waals surface area contributed by atoms with Crippen molar-refractivity contribution in [3.05, 3.63) is 88.6 Å². The van der Waals surface area contributed by atoms with Crippen LogP contribution in [0.15, 0.2) is 70.1 Å². The van der Waals surface area contributed by atoms with E-state index in [0.29, 0.717) is 11.6 Å². The van der Waals surface area contributed by atoms with E-state index in [4.69, 9.17) is 9.40 Å². The number of hydrogen-bond donors (Lipinski definition) is 0. The standard InChI is InChI=1S/C29H30N2O/c1-18(2)26-16-15-25-24-14-10-21(5)27(28(24)32-29(25)31-26)20(4)9-13-23(17-30-6)22-11-7-19(3)8-12-22/h7-18H,1-6H3/b20-9+,23-13+,30-17?. The molecule has 32 heavy (non-hydrogen) atoms. The molecule has 0 spiro atoms. The molecule has 2 heterocycles. The summed E-state index contributed by atoms with van der Waals surface area (Å²) >= 11 is 0. The van der Waals surface area contributed by atoms with Gasteiger partial charge >= 0.3 is 0 Å². The van der Waals surface area contributed by atoms with Gasteiger partial charge in [-0.3, -0.25) is 4.99 Å². The summed E-state index contributed by atoms with van der Waals surface area (Å²) in [5.41, 5.74) is 9.57. The van der Waals surface area contributed by atoms with Gasteiger partial charge < -0.3 is 4.42 Å². The van der Waals surface area contributed by atoms with Crippen LogP contribution in [0.2, 0.25) is 0 Å². The summed E-state index contributed by atoms with van der Waals surface area (Å²) in [7, 11) is 1.80. The molecule has 0 atom stereocenters. The summed E-state index contributed by atoms with van der Waals surface area (Å²) in [6, 6.07) is 17.1. The zero-order chi connectivity index (χ0) is 22.8. The minimum atomic E-state index is 0.362. The molecule has 162 valence electrons. The number of aliphatic imine (C=N–C) groups is 1. The Morgan fingerprint density at radius 3 is 2.34 bits per heavy atom. The van der Waals surface area contributed by atoms with Gasteiger partial charge in [0.25, 0.3) is 0 Å². The van der Waals surface area contributed by atoms with Crippen molar-refractivity contribution in [2.75, 3.05) is 7.05 Å². The molecule has 0 aliphatic heterocycles. The third kappa shape index (κ3) is 4.16. The van der Waals surface area contributed by atoms with E-state index >= 15 is 0 Å². The van der Waals surface area contributed by atoms with E-state index < -0.39 is 0 Å². The second-order valence-corrected chi connectivity index (χ2v) is 8.70. The second-order valence-electron chi connectivity index (χ2n) is 8.70. The first kappa shape index (κ1) is 21.8. The molecule has 0 fully saturated rings. The molecule has 0 saturated carbocycles. The van der Waals surface area contributed by atoms with Crippen LogP contribution in [0.1, 0.15) is 54.6 Å². The lowest BCUT2D eigenvalue weighted by molar-refractivity contribution is 0.646. The molecular formula is C29H30N2O. The monoisotopic (exact) mass is 422 g/mol. The first-order valence-corrected chi connectivity index (χ1v) is 11.1. The molecule has 0 saturated heterocycles. The number of aromatic nitrogens is 1. The quantitative estimate of drug-likeness (QED) is 0.242. The number of rotatable bonds is 5. The van der Waals surface area contributed by atoms with Crippen LogP contribution < -0.4 is 0 Å². The van der Waals surface area contributed by atoms with Crippen LogP contribution in [0.4, 0.5) is 0 Å². The third-order valence-corrected chi connectivity index (χ3v) is 5.89. The molecule has 0 aliphatic carbocycles. The van der Waals surface area contributed by atoms with Crippen molar-refractivity contribution < 1.29 is 4.42 Å². The highest BCUT2D eigenvalue weighted by Crippen LogP contribution is 2.35. The highest BCUT2D eigenvalue weighted by atomic mass is 16.3. The van der Waals surface area contributed by atoms with Crippen molar-refractivity contribution in [3.8, 4) is 0 Å². The molecule has 0 unspecified atom stereocenters. The number of pyridine rings is 1. The maximum absolute atomic E-state index is 6.33. The molecule has 0 aliphatic rings. The van der Waals surface area contributed by atoms with Gasteiger partial charge in [-0.05, 0) is 61.1 Å². The lowest BCUT2D eigenvalue weighted by atomic mass is 9.97. The zero-order valence-corrected chi connectivity index (χ0v) is 19.7. The minimum Gasteiger partial charge on any atom is -0.437 e. The van der Waals surface area contributed by atoms with Gasteiger partial charge in [0.15, 0.2) is 0 Å². The average Bonchev–Trinajstić information content (AvgIpc) is 3.14. The van der Waals surface area contributed by atoms with Crippen LogP contribution in [0, 0.1) is 13.8 Å². The Labute approximate surface area is 190 Å². The first-order valence-electron chi connectivity index (χ1n) is 11.1. The molecule has 3 nitrogen and oxygen atoms in total. The summed E-state index contributed by atoms with van der Waals surface area (Å²) in [6.07, 6.45) is 6.18. The molecule has 0 N–H and O–H groups in total. The van der Waals surface area contributed by atoms with Crippen LogP contribution in [-0.2, 0) is 0 Å². The van der Waals surface area contributed by atoms with Gasteiger partial charge in [0, 0.05) is 35.3 Å². The van der Waals surface area contributed by atoms with Gasteiger partial charge in [0.2, 0.25) is 5.71 Å². The largest absolute Gasteiger partial charge is 0.437 e. The Kier molecular flexibility index (Phi) is 6.09. The summed E-state index contributed by atoms with van der Waals surface area (Å²) < 4.78 is 6.33. The highest BCUT2D eigenvalue weighted by Gasteiger charge is 2.16. The molecule has 0 bridgehead atoms. The van der Waals surface area contributed by atoms with E-state index in [-0.39, 0.29) is 0 Å². The fraction of sp³-hybridized carbons (Fsp3) is 0.241. The fourth-order valence-corrected chi connectivity index (χ4v) is 4.04. The Bertz CT molecular complexity index is 1370. The van der Waals surface area contributed by atoms with E-state index in [1.807, 2.05) is 6.21 Å². The summed E-state index contributed by atoms with van der Waals surface area (Å²) in [5, 5.41) is 2.17. The number of aryl methyl sites for hydroxylation is 2. The molecule has 0 amide bonds.